The molecule has 0 saturated heterocycles. The van der Waals surface area contributed by atoms with Gasteiger partial charge in [0.2, 0.25) is 0 Å². The number of para-hydroxylation sites is 4. The molecule has 2 aromatic heterocycles. The molecule has 59 heavy (non-hydrogen) atoms. The van der Waals surface area contributed by atoms with Crippen molar-refractivity contribution in [1.29, 1.82) is 0 Å². The molecule has 0 N–H and O–H groups in total. The molecule has 11 aromatic rings. The van der Waals surface area contributed by atoms with Crippen molar-refractivity contribution in [2.24, 2.45) is 0 Å². The standard InChI is InChI=1S/C56H37N3/c1-5-16-38(17-6-1)39-28-30-40(31-29-39)49-37-52(57-51-26-14-13-24-46(49)51)43-33-32-41-34-35-48-54(50(41)36-43)47-25-15-27-53(56(47)58-55(48)42-18-7-2-8-19-42)59(44-20-9-3-10-21-44)45-22-11-4-12-23-45/h1-37H. The Hall–Kier alpha value is -7.88. The number of nitrogens with zero attached hydrogens (tertiary/aromatic N) is 3. The van der Waals surface area contributed by atoms with Gasteiger partial charge in [0.25, 0.3) is 0 Å². The zero-order valence-corrected chi connectivity index (χ0v) is 32.2. The lowest BCUT2D eigenvalue weighted by Gasteiger charge is -2.27. The van der Waals surface area contributed by atoms with Crippen LogP contribution in [-0.2, 0) is 0 Å². The minimum atomic E-state index is 0.936. The first-order valence-electron chi connectivity index (χ1n) is 20.1. The van der Waals surface area contributed by atoms with Gasteiger partial charge in [-0.2, -0.15) is 0 Å². The lowest BCUT2D eigenvalue weighted by molar-refractivity contribution is 1.28. The molecule has 0 atom stereocenters. The van der Waals surface area contributed by atoms with E-state index in [2.05, 4.69) is 229 Å². The van der Waals surface area contributed by atoms with E-state index in [-0.39, 0.29) is 0 Å². The molecule has 0 saturated carbocycles. The predicted octanol–water partition coefficient (Wildman–Crippen LogP) is 15.2. The first kappa shape index (κ1) is 34.4. The molecule has 0 radical (unpaired) electrons. The van der Waals surface area contributed by atoms with Crippen molar-refractivity contribution in [3.63, 3.8) is 0 Å². The first-order valence-corrected chi connectivity index (χ1v) is 20.1. The van der Waals surface area contributed by atoms with Gasteiger partial charge in [0, 0.05) is 44.0 Å². The largest absolute Gasteiger partial charge is 0.308 e. The van der Waals surface area contributed by atoms with Crippen LogP contribution in [0.5, 0.6) is 0 Å². The zero-order valence-electron chi connectivity index (χ0n) is 32.2. The molecule has 0 fully saturated rings. The molecule has 0 aliphatic rings. The van der Waals surface area contributed by atoms with Gasteiger partial charge in [0.05, 0.1) is 28.1 Å². The molecule has 0 unspecified atom stereocenters. The predicted molar refractivity (Wildman–Crippen MR) is 248 cm³/mol. The number of pyridine rings is 2. The zero-order chi connectivity index (χ0) is 39.1. The summed E-state index contributed by atoms with van der Waals surface area (Å²) in [6.45, 7) is 0. The third kappa shape index (κ3) is 6.17. The monoisotopic (exact) mass is 751 g/mol. The summed E-state index contributed by atoms with van der Waals surface area (Å²) in [7, 11) is 0. The molecule has 0 amide bonds. The Balaban J connectivity index is 1.15. The highest BCUT2D eigenvalue weighted by Crippen LogP contribution is 2.44. The highest BCUT2D eigenvalue weighted by molar-refractivity contribution is 6.24. The van der Waals surface area contributed by atoms with Crippen LogP contribution >= 0.6 is 0 Å². The quantitative estimate of drug-likeness (QED) is 0.152. The number of fused-ring (bicyclic) bond motifs is 6. The van der Waals surface area contributed by atoms with Gasteiger partial charge in [0.15, 0.2) is 0 Å². The topological polar surface area (TPSA) is 29.0 Å². The minimum Gasteiger partial charge on any atom is -0.308 e. The van der Waals surface area contributed by atoms with E-state index in [1.807, 2.05) is 0 Å². The number of anilines is 3. The third-order valence-corrected chi connectivity index (χ3v) is 11.4. The molecule has 9 aromatic carbocycles. The van der Waals surface area contributed by atoms with Crippen LogP contribution in [0.15, 0.2) is 224 Å². The van der Waals surface area contributed by atoms with E-state index in [0.29, 0.717) is 0 Å². The van der Waals surface area contributed by atoms with Crippen molar-refractivity contribution < 1.29 is 0 Å². The summed E-state index contributed by atoms with van der Waals surface area (Å²) < 4.78 is 0. The van der Waals surface area contributed by atoms with E-state index in [4.69, 9.17) is 9.97 Å². The van der Waals surface area contributed by atoms with Crippen LogP contribution in [0.3, 0.4) is 0 Å². The number of hydrogen-bond acceptors (Lipinski definition) is 3. The lowest BCUT2D eigenvalue weighted by atomic mass is 9.92. The second kappa shape index (κ2) is 14.6. The maximum atomic E-state index is 5.58. The minimum absolute atomic E-state index is 0.936. The Bertz CT molecular complexity index is 3250. The van der Waals surface area contributed by atoms with Gasteiger partial charge < -0.3 is 4.90 Å². The Morgan fingerprint density at radius 2 is 0.898 bits per heavy atom. The average Bonchev–Trinajstić information content (AvgIpc) is 3.32. The Morgan fingerprint density at radius 1 is 0.339 bits per heavy atom. The van der Waals surface area contributed by atoms with Crippen LogP contribution in [0.4, 0.5) is 17.1 Å². The normalized spacial score (nSPS) is 11.4. The molecule has 0 aliphatic heterocycles. The van der Waals surface area contributed by atoms with Crippen LogP contribution in [0, 0.1) is 0 Å². The summed E-state index contributed by atoms with van der Waals surface area (Å²) in [6, 6.07) is 79.8. The van der Waals surface area contributed by atoms with Gasteiger partial charge in [-0.25, -0.2) is 9.97 Å². The summed E-state index contributed by atoms with van der Waals surface area (Å²) in [5.41, 5.74) is 13.8. The van der Waals surface area contributed by atoms with Gasteiger partial charge in [-0.1, -0.05) is 176 Å². The van der Waals surface area contributed by atoms with Gasteiger partial charge in [0.1, 0.15) is 0 Å². The summed E-state index contributed by atoms with van der Waals surface area (Å²) in [5, 5.41) is 6.85. The van der Waals surface area contributed by atoms with E-state index in [0.717, 1.165) is 83.3 Å². The van der Waals surface area contributed by atoms with E-state index in [9.17, 15) is 0 Å². The van der Waals surface area contributed by atoms with E-state index >= 15 is 0 Å². The maximum absolute atomic E-state index is 5.58. The highest BCUT2D eigenvalue weighted by Gasteiger charge is 2.21. The van der Waals surface area contributed by atoms with Crippen LogP contribution in [0.2, 0.25) is 0 Å². The third-order valence-electron chi connectivity index (χ3n) is 11.4. The Labute approximate surface area is 343 Å². The fourth-order valence-electron chi connectivity index (χ4n) is 8.60. The van der Waals surface area contributed by atoms with Crippen molar-refractivity contribution >= 4 is 60.4 Å². The van der Waals surface area contributed by atoms with Crippen molar-refractivity contribution in [2.45, 2.75) is 0 Å². The fourth-order valence-corrected chi connectivity index (χ4v) is 8.60. The molecule has 2 heterocycles. The number of aromatic nitrogens is 2. The molecule has 0 bridgehead atoms. The Kier molecular flexibility index (Phi) is 8.49. The number of benzene rings is 9. The van der Waals surface area contributed by atoms with Crippen molar-refractivity contribution in [3.05, 3.63) is 224 Å². The van der Waals surface area contributed by atoms with Gasteiger partial charge in [-0.15, -0.1) is 0 Å². The molecule has 0 spiro atoms. The maximum Gasteiger partial charge on any atom is 0.0956 e. The SMILES string of the molecule is c1ccc(-c2ccc(-c3cc(-c4ccc5ccc6c(-c7ccccc7)nc7c(N(c8ccccc8)c8ccccc8)cccc7c6c5c4)nc4ccccc34)cc2)cc1. The van der Waals surface area contributed by atoms with Crippen molar-refractivity contribution in [2.75, 3.05) is 4.90 Å². The van der Waals surface area contributed by atoms with Crippen LogP contribution in [0.1, 0.15) is 0 Å². The lowest BCUT2D eigenvalue weighted by Crippen LogP contribution is -2.11. The average molecular weight is 752 g/mol. The summed E-state index contributed by atoms with van der Waals surface area (Å²) >= 11 is 0. The second-order valence-corrected chi connectivity index (χ2v) is 14.9. The van der Waals surface area contributed by atoms with E-state index in [1.54, 1.807) is 0 Å². The smallest absolute Gasteiger partial charge is 0.0956 e. The summed E-state index contributed by atoms with van der Waals surface area (Å²) in [5.74, 6) is 0. The van der Waals surface area contributed by atoms with Crippen molar-refractivity contribution in [1.82, 2.24) is 9.97 Å². The number of hydrogen-bond donors (Lipinski definition) is 0. The second-order valence-electron chi connectivity index (χ2n) is 14.9. The Morgan fingerprint density at radius 3 is 1.61 bits per heavy atom. The van der Waals surface area contributed by atoms with E-state index in [1.165, 1.54) is 21.9 Å². The molecule has 3 nitrogen and oxygen atoms in total. The van der Waals surface area contributed by atoms with Crippen LogP contribution in [-0.4, -0.2) is 9.97 Å². The van der Waals surface area contributed by atoms with Gasteiger partial charge >= 0.3 is 0 Å². The molecule has 11 rings (SSSR count). The van der Waals surface area contributed by atoms with Gasteiger partial charge in [-0.3, -0.25) is 0 Å². The number of rotatable bonds is 7. The van der Waals surface area contributed by atoms with Crippen LogP contribution < -0.4 is 4.90 Å². The molecule has 276 valence electrons. The summed E-state index contributed by atoms with van der Waals surface area (Å²) in [4.78, 5) is 13.2. The van der Waals surface area contributed by atoms with Crippen LogP contribution in [0.25, 0.3) is 88.1 Å². The van der Waals surface area contributed by atoms with E-state index < -0.39 is 0 Å². The van der Waals surface area contributed by atoms with Crippen molar-refractivity contribution in [3.8, 4) is 44.8 Å². The molecule has 0 aliphatic carbocycles. The fraction of sp³-hybridized carbons (Fsp3) is 0. The molecule has 3 heteroatoms. The first-order chi connectivity index (χ1) is 29.3. The van der Waals surface area contributed by atoms with Gasteiger partial charge in [-0.05, 0) is 81.6 Å². The summed E-state index contributed by atoms with van der Waals surface area (Å²) in [6.07, 6.45) is 0. The highest BCUT2D eigenvalue weighted by atomic mass is 15.1. The molecular weight excluding hydrogens is 715 g/mol. The molecular formula is C56H37N3.